The van der Waals surface area contributed by atoms with E-state index < -0.39 is 29.6 Å². The smallest absolute Gasteiger partial charge is 0.339 e. The molecule has 1 aliphatic heterocycles. The number of ether oxygens (including phenoxy) is 3. The molecule has 1 N–H and O–H groups in total. The van der Waals surface area contributed by atoms with E-state index in [1.54, 1.807) is 30.3 Å². The molecule has 0 radical (unpaired) electrons. The van der Waals surface area contributed by atoms with Crippen LogP contribution in [-0.2, 0) is 14.3 Å². The summed E-state index contributed by atoms with van der Waals surface area (Å²) in [6.07, 6.45) is 3.14. The minimum atomic E-state index is -0.617. The number of hydrogen-bond donors (Lipinski definition) is 1. The maximum atomic E-state index is 13.0. The van der Waals surface area contributed by atoms with Crippen LogP contribution in [-0.4, -0.2) is 54.3 Å². The largest absolute Gasteiger partial charge is 0.490 e. The predicted octanol–water partition coefficient (Wildman–Crippen LogP) is 6.43. The average molecular weight is 609 g/mol. The number of rotatable bonds is 13. The van der Waals surface area contributed by atoms with E-state index in [0.717, 1.165) is 28.8 Å². The third kappa shape index (κ3) is 8.37. The lowest BCUT2D eigenvalue weighted by Crippen LogP contribution is -2.36. The first-order valence-corrected chi connectivity index (χ1v) is 14.5. The highest BCUT2D eigenvalue weighted by Crippen LogP contribution is 2.34. The number of esters is 1. The van der Waals surface area contributed by atoms with Gasteiger partial charge in [0.25, 0.3) is 11.1 Å². The fourth-order valence-electron chi connectivity index (χ4n) is 3.83. The molecule has 0 aliphatic carbocycles. The molecule has 0 spiro atoms. The summed E-state index contributed by atoms with van der Waals surface area (Å²) >= 11 is 6.87. The van der Waals surface area contributed by atoms with E-state index in [1.807, 2.05) is 37.3 Å². The van der Waals surface area contributed by atoms with Gasteiger partial charge < -0.3 is 19.5 Å². The summed E-state index contributed by atoms with van der Waals surface area (Å²) in [6.45, 7) is 2.32. The van der Waals surface area contributed by atoms with Gasteiger partial charge in [-0.3, -0.25) is 19.3 Å². The Kier molecular flexibility index (Phi) is 11.0. The molecule has 3 aromatic carbocycles. The van der Waals surface area contributed by atoms with Crippen molar-refractivity contribution in [3.05, 3.63) is 93.9 Å². The number of hydrogen-bond acceptors (Lipinski definition) is 8. The molecular formula is C31H29ClN2O7S. The average Bonchev–Trinajstić information content (AvgIpc) is 3.24. The summed E-state index contributed by atoms with van der Waals surface area (Å²) in [7, 11) is 0. The summed E-state index contributed by atoms with van der Waals surface area (Å²) in [5, 5.41) is 2.20. The Labute approximate surface area is 252 Å². The Morgan fingerprint density at radius 3 is 2.48 bits per heavy atom. The fraction of sp³-hybridized carbons (Fsp3) is 0.226. The Bertz CT molecular complexity index is 1480. The number of benzene rings is 3. The van der Waals surface area contributed by atoms with Gasteiger partial charge in [0, 0.05) is 11.3 Å². The molecule has 1 heterocycles. The number of thioether (sulfide) groups is 1. The number of unbranched alkanes of at least 4 members (excludes halogenated alkanes) is 1. The van der Waals surface area contributed by atoms with Crippen LogP contribution in [0.5, 0.6) is 11.5 Å². The van der Waals surface area contributed by atoms with E-state index in [4.69, 9.17) is 25.8 Å². The van der Waals surface area contributed by atoms with Crippen molar-refractivity contribution < 1.29 is 33.4 Å². The van der Waals surface area contributed by atoms with Crippen molar-refractivity contribution in [1.82, 2.24) is 4.90 Å². The van der Waals surface area contributed by atoms with Crippen LogP contribution in [0, 0.1) is 0 Å². The van der Waals surface area contributed by atoms with Gasteiger partial charge in [-0.25, -0.2) is 4.79 Å². The number of carbonyl (C=O) groups is 4. The molecule has 3 amide bonds. The van der Waals surface area contributed by atoms with Gasteiger partial charge in [0.1, 0.15) is 31.3 Å². The molecule has 42 heavy (non-hydrogen) atoms. The third-order valence-corrected chi connectivity index (χ3v) is 7.17. The topological polar surface area (TPSA) is 111 Å². The number of para-hydroxylation sites is 2. The Hall–Kier alpha value is -4.28. The van der Waals surface area contributed by atoms with Crippen LogP contribution >= 0.6 is 23.4 Å². The van der Waals surface area contributed by atoms with Gasteiger partial charge >= 0.3 is 5.97 Å². The second-order valence-electron chi connectivity index (χ2n) is 9.05. The quantitative estimate of drug-likeness (QED) is 0.134. The lowest BCUT2D eigenvalue weighted by molar-refractivity contribution is -0.127. The molecule has 0 saturated carbocycles. The van der Waals surface area contributed by atoms with Crippen molar-refractivity contribution >= 4 is 58.1 Å². The number of amides is 3. The van der Waals surface area contributed by atoms with E-state index in [2.05, 4.69) is 5.32 Å². The van der Waals surface area contributed by atoms with E-state index in [-0.39, 0.29) is 34.4 Å². The molecule has 0 unspecified atom stereocenters. The van der Waals surface area contributed by atoms with Crippen molar-refractivity contribution in [2.24, 2.45) is 0 Å². The van der Waals surface area contributed by atoms with Crippen LogP contribution < -0.4 is 14.8 Å². The number of halogens is 1. The molecule has 0 bridgehead atoms. The van der Waals surface area contributed by atoms with Gasteiger partial charge in [0.05, 0.1) is 22.1 Å². The summed E-state index contributed by atoms with van der Waals surface area (Å²) in [5.41, 5.74) is 0.982. The number of nitrogens with one attached hydrogen (secondary N) is 1. The van der Waals surface area contributed by atoms with Crippen molar-refractivity contribution in [2.75, 3.05) is 31.7 Å². The zero-order chi connectivity index (χ0) is 29.9. The predicted molar refractivity (Wildman–Crippen MR) is 162 cm³/mol. The molecular weight excluding hydrogens is 580 g/mol. The molecule has 1 fully saturated rings. The highest BCUT2D eigenvalue weighted by molar-refractivity contribution is 8.18. The Morgan fingerprint density at radius 2 is 1.69 bits per heavy atom. The Morgan fingerprint density at radius 1 is 0.952 bits per heavy atom. The maximum Gasteiger partial charge on any atom is 0.339 e. The summed E-state index contributed by atoms with van der Waals surface area (Å²) in [5.74, 6) is -0.570. The summed E-state index contributed by atoms with van der Waals surface area (Å²) in [4.78, 5) is 51.8. The van der Waals surface area contributed by atoms with Crippen molar-refractivity contribution in [3.63, 3.8) is 0 Å². The van der Waals surface area contributed by atoms with Gasteiger partial charge in [-0.2, -0.15) is 0 Å². The van der Waals surface area contributed by atoms with Gasteiger partial charge in [0.2, 0.25) is 5.91 Å². The highest BCUT2D eigenvalue weighted by atomic mass is 35.5. The minimum absolute atomic E-state index is 0.104. The van der Waals surface area contributed by atoms with Crippen LogP contribution in [0.3, 0.4) is 0 Å². The van der Waals surface area contributed by atoms with Crippen LogP contribution in [0.1, 0.15) is 35.7 Å². The van der Waals surface area contributed by atoms with Gasteiger partial charge in [-0.15, -0.1) is 0 Å². The number of nitrogens with zero attached hydrogens (tertiary/aromatic N) is 1. The van der Waals surface area contributed by atoms with E-state index >= 15 is 0 Å². The van der Waals surface area contributed by atoms with Crippen molar-refractivity contribution in [3.8, 4) is 11.5 Å². The third-order valence-electron chi connectivity index (χ3n) is 5.93. The van der Waals surface area contributed by atoms with Gasteiger partial charge in [0.15, 0.2) is 0 Å². The molecule has 3 aromatic rings. The fourth-order valence-corrected chi connectivity index (χ4v) is 4.85. The normalized spacial score (nSPS) is 13.8. The molecule has 4 rings (SSSR count). The van der Waals surface area contributed by atoms with Crippen molar-refractivity contribution in [2.45, 2.75) is 19.8 Å². The van der Waals surface area contributed by atoms with Crippen LogP contribution in [0.25, 0.3) is 6.08 Å². The standard InChI is InChI=1S/C31H29ClN2O7S/c1-2-3-15-41-30(37)24-19-22(13-14-25(24)32)33-28(35)20-34-29(36)27(42-31(34)38)18-21-9-7-8-12-26(21)40-17-16-39-23-10-5-4-6-11-23/h4-14,18-19H,2-3,15-17,20H2,1H3,(H,33,35)/b27-18+. The molecule has 0 aromatic heterocycles. The minimum Gasteiger partial charge on any atom is -0.490 e. The monoisotopic (exact) mass is 608 g/mol. The molecule has 11 heteroatoms. The first kappa shape index (κ1) is 30.7. The molecule has 218 valence electrons. The van der Waals surface area contributed by atoms with Gasteiger partial charge in [-0.1, -0.05) is 61.3 Å². The number of imide groups is 1. The summed E-state index contributed by atoms with van der Waals surface area (Å²) < 4.78 is 16.7. The van der Waals surface area contributed by atoms with E-state index in [1.165, 1.54) is 18.2 Å². The summed E-state index contributed by atoms with van der Waals surface area (Å²) in [6, 6.07) is 20.8. The molecule has 9 nitrogen and oxygen atoms in total. The maximum absolute atomic E-state index is 13.0. The van der Waals surface area contributed by atoms with Crippen LogP contribution in [0.4, 0.5) is 10.5 Å². The SMILES string of the molecule is CCCCOC(=O)c1cc(NC(=O)CN2C(=O)S/C(=C/c3ccccc3OCCOc3ccccc3)C2=O)ccc1Cl. The number of carbonyl (C=O) groups excluding carboxylic acids is 4. The molecule has 1 saturated heterocycles. The Balaban J connectivity index is 1.36. The van der Waals surface area contributed by atoms with Gasteiger partial charge in [-0.05, 0) is 60.7 Å². The van der Waals surface area contributed by atoms with Crippen LogP contribution in [0.15, 0.2) is 77.7 Å². The second-order valence-corrected chi connectivity index (χ2v) is 10.4. The molecule has 0 atom stereocenters. The first-order chi connectivity index (χ1) is 20.4. The van der Waals surface area contributed by atoms with Crippen LogP contribution in [0.2, 0.25) is 5.02 Å². The van der Waals surface area contributed by atoms with E-state index in [9.17, 15) is 19.2 Å². The van der Waals surface area contributed by atoms with Crippen molar-refractivity contribution in [1.29, 1.82) is 0 Å². The lowest BCUT2D eigenvalue weighted by Gasteiger charge is -2.13. The highest BCUT2D eigenvalue weighted by Gasteiger charge is 2.36. The number of anilines is 1. The first-order valence-electron chi connectivity index (χ1n) is 13.3. The molecule has 1 aliphatic rings. The zero-order valence-corrected chi connectivity index (χ0v) is 24.4. The van der Waals surface area contributed by atoms with E-state index in [0.29, 0.717) is 24.3 Å². The zero-order valence-electron chi connectivity index (χ0n) is 22.8. The second kappa shape index (κ2) is 15.1. The lowest BCUT2D eigenvalue weighted by atomic mass is 10.2.